The van der Waals surface area contributed by atoms with Crippen LogP contribution in [0.3, 0.4) is 0 Å². The zero-order valence-electron chi connectivity index (χ0n) is 9.91. The van der Waals surface area contributed by atoms with Crippen molar-refractivity contribution in [3.63, 3.8) is 0 Å². The molecule has 0 atom stereocenters. The van der Waals surface area contributed by atoms with E-state index < -0.39 is 0 Å². The fraction of sp³-hybridized carbons (Fsp3) is 0.500. The van der Waals surface area contributed by atoms with Crippen LogP contribution in [-0.2, 0) is 13.5 Å². The number of carbonyl (C=O) groups excluding carboxylic acids is 1. The highest BCUT2D eigenvalue weighted by molar-refractivity contribution is 7.08. The summed E-state index contributed by atoms with van der Waals surface area (Å²) < 4.78 is 5.42. The van der Waals surface area contributed by atoms with Gasteiger partial charge in [0.2, 0.25) is 0 Å². The van der Waals surface area contributed by atoms with E-state index in [0.29, 0.717) is 10.6 Å². The molecule has 2 aromatic heterocycles. The van der Waals surface area contributed by atoms with Crippen molar-refractivity contribution >= 4 is 17.3 Å². The fourth-order valence-electron chi connectivity index (χ4n) is 1.49. The number of aryl methyl sites for hydroxylation is 1. The molecule has 0 bridgehead atoms. The van der Waals surface area contributed by atoms with Gasteiger partial charge in [-0.15, -0.1) is 10.2 Å². The molecule has 17 heavy (non-hydrogen) atoms. The van der Waals surface area contributed by atoms with E-state index in [4.69, 9.17) is 0 Å². The van der Waals surface area contributed by atoms with Crippen LogP contribution >= 0.6 is 11.5 Å². The second-order valence-electron chi connectivity index (χ2n) is 4.13. The van der Waals surface area contributed by atoms with Gasteiger partial charge in [0.1, 0.15) is 4.88 Å². The second-order valence-corrected chi connectivity index (χ2v) is 4.88. The van der Waals surface area contributed by atoms with Crippen LogP contribution in [0.5, 0.6) is 0 Å². The summed E-state index contributed by atoms with van der Waals surface area (Å²) in [6.07, 6.45) is 1.98. The third kappa shape index (κ3) is 2.55. The third-order valence-corrected chi connectivity index (χ3v) is 3.09. The molecule has 0 unspecified atom stereocenters. The minimum atomic E-state index is 0.00389. The Kier molecular flexibility index (Phi) is 3.28. The molecule has 2 aromatic rings. The van der Waals surface area contributed by atoms with Crippen molar-refractivity contribution < 1.29 is 4.79 Å². The van der Waals surface area contributed by atoms with Crippen molar-refractivity contribution in [1.29, 1.82) is 0 Å². The zero-order chi connectivity index (χ0) is 12.4. The van der Waals surface area contributed by atoms with Crippen LogP contribution in [0.15, 0.2) is 6.20 Å². The average molecular weight is 251 g/mol. The summed E-state index contributed by atoms with van der Waals surface area (Å²) in [6, 6.07) is 0. The van der Waals surface area contributed by atoms with Gasteiger partial charge in [-0.1, -0.05) is 23.5 Å². The lowest BCUT2D eigenvalue weighted by atomic mass is 10.1. The molecule has 0 aromatic carbocycles. The summed E-state index contributed by atoms with van der Waals surface area (Å²) >= 11 is 1.15. The molecule has 6 nitrogen and oxygen atoms in total. The summed E-state index contributed by atoms with van der Waals surface area (Å²) in [4.78, 5) is 12.7. The maximum atomic E-state index is 12.1. The van der Waals surface area contributed by atoms with Gasteiger partial charge in [-0.25, -0.2) is 0 Å². The summed E-state index contributed by atoms with van der Waals surface area (Å²) in [6.45, 7) is 3.99. The number of nitrogens with zero attached hydrogens (tertiary/aromatic N) is 5. The third-order valence-electron chi connectivity index (χ3n) is 2.31. The number of hydrogen-bond acceptors (Lipinski definition) is 6. The Bertz CT molecular complexity index is 530. The van der Waals surface area contributed by atoms with Crippen molar-refractivity contribution in [2.75, 3.05) is 0 Å². The monoisotopic (exact) mass is 251 g/mol. The van der Waals surface area contributed by atoms with Crippen molar-refractivity contribution in [3.8, 4) is 0 Å². The van der Waals surface area contributed by atoms with E-state index in [0.717, 1.165) is 17.2 Å². The van der Waals surface area contributed by atoms with E-state index in [1.54, 1.807) is 17.9 Å². The number of carbonyl (C=O) groups is 1. The summed E-state index contributed by atoms with van der Waals surface area (Å²) in [5, 5.41) is 11.7. The Balaban J connectivity index is 2.17. The lowest BCUT2D eigenvalue weighted by Crippen LogP contribution is -2.06. The molecule has 0 spiro atoms. The van der Waals surface area contributed by atoms with Gasteiger partial charge < -0.3 is 0 Å². The highest BCUT2D eigenvalue weighted by Crippen LogP contribution is 2.21. The maximum Gasteiger partial charge on any atom is 0.182 e. The van der Waals surface area contributed by atoms with Crippen LogP contribution in [0.1, 0.15) is 40.8 Å². The Morgan fingerprint density at radius 2 is 2.24 bits per heavy atom. The predicted octanol–water partition coefficient (Wildman–Crippen LogP) is 1.22. The highest BCUT2D eigenvalue weighted by Gasteiger charge is 2.19. The molecule has 0 radical (unpaired) electrons. The van der Waals surface area contributed by atoms with Gasteiger partial charge in [-0.05, 0) is 17.5 Å². The standard InChI is InChI=1S/C10H13N5OS/c1-6(2)9-10(17-14-12-9)8(16)4-7-5-15(3)13-11-7/h5-6H,4H2,1-3H3. The number of rotatable bonds is 4. The van der Waals surface area contributed by atoms with Gasteiger partial charge >= 0.3 is 0 Å². The fourth-order valence-corrected chi connectivity index (χ4v) is 2.24. The van der Waals surface area contributed by atoms with Gasteiger partial charge in [-0.3, -0.25) is 9.48 Å². The molecular weight excluding hydrogens is 238 g/mol. The molecule has 2 heterocycles. The summed E-state index contributed by atoms with van der Waals surface area (Å²) in [7, 11) is 1.77. The smallest absolute Gasteiger partial charge is 0.182 e. The van der Waals surface area contributed by atoms with Gasteiger partial charge in [0, 0.05) is 13.2 Å². The van der Waals surface area contributed by atoms with Gasteiger partial charge in [0.05, 0.1) is 17.8 Å². The van der Waals surface area contributed by atoms with E-state index in [2.05, 4.69) is 19.9 Å². The Labute approximate surface area is 103 Å². The molecule has 0 fully saturated rings. The Morgan fingerprint density at radius 1 is 1.47 bits per heavy atom. The van der Waals surface area contributed by atoms with Gasteiger partial charge in [-0.2, -0.15) is 0 Å². The largest absolute Gasteiger partial charge is 0.293 e. The molecule has 0 N–H and O–H groups in total. The average Bonchev–Trinajstić information content (AvgIpc) is 2.86. The van der Waals surface area contributed by atoms with Crippen LogP contribution in [0, 0.1) is 0 Å². The van der Waals surface area contributed by atoms with Gasteiger partial charge in [0.15, 0.2) is 5.78 Å². The zero-order valence-corrected chi connectivity index (χ0v) is 10.7. The molecule has 0 aliphatic heterocycles. The first-order valence-corrected chi connectivity index (χ1v) is 6.06. The van der Waals surface area contributed by atoms with E-state index in [1.165, 1.54) is 0 Å². The first kappa shape index (κ1) is 11.8. The van der Waals surface area contributed by atoms with Crippen LogP contribution in [0.25, 0.3) is 0 Å². The number of ketones is 1. The Morgan fingerprint density at radius 3 is 2.82 bits per heavy atom. The number of Topliss-reactive ketones (excluding diaryl/α,β-unsaturated/α-hetero) is 1. The molecule has 2 rings (SSSR count). The lowest BCUT2D eigenvalue weighted by molar-refractivity contribution is 0.0994. The van der Waals surface area contributed by atoms with Crippen molar-refractivity contribution in [2.45, 2.75) is 26.2 Å². The molecule has 0 saturated carbocycles. The Hall–Kier alpha value is -1.63. The van der Waals surface area contributed by atoms with Crippen LogP contribution in [0.2, 0.25) is 0 Å². The van der Waals surface area contributed by atoms with E-state index in [-0.39, 0.29) is 18.1 Å². The minimum Gasteiger partial charge on any atom is -0.293 e. The predicted molar refractivity (Wildman–Crippen MR) is 63.0 cm³/mol. The van der Waals surface area contributed by atoms with E-state index in [1.807, 2.05) is 13.8 Å². The topological polar surface area (TPSA) is 73.6 Å². The minimum absolute atomic E-state index is 0.00389. The van der Waals surface area contributed by atoms with Crippen LogP contribution < -0.4 is 0 Å². The summed E-state index contributed by atoms with van der Waals surface area (Å²) in [5.41, 5.74) is 1.43. The molecule has 0 aliphatic rings. The SMILES string of the molecule is CC(C)c1nnsc1C(=O)Cc1cn(C)nn1. The number of aromatic nitrogens is 5. The van der Waals surface area contributed by atoms with Crippen molar-refractivity contribution in [1.82, 2.24) is 24.6 Å². The normalized spacial score (nSPS) is 11.1. The molecule has 0 amide bonds. The van der Waals surface area contributed by atoms with E-state index >= 15 is 0 Å². The molecule has 7 heteroatoms. The van der Waals surface area contributed by atoms with E-state index in [9.17, 15) is 4.79 Å². The number of hydrogen-bond donors (Lipinski definition) is 0. The maximum absolute atomic E-state index is 12.1. The first-order chi connectivity index (χ1) is 8.08. The molecule has 0 saturated heterocycles. The molecule has 0 aliphatic carbocycles. The van der Waals surface area contributed by atoms with Crippen LogP contribution in [-0.4, -0.2) is 30.4 Å². The van der Waals surface area contributed by atoms with Crippen LogP contribution in [0.4, 0.5) is 0 Å². The highest BCUT2D eigenvalue weighted by atomic mass is 32.1. The van der Waals surface area contributed by atoms with Crippen molar-refractivity contribution in [3.05, 3.63) is 22.5 Å². The summed E-state index contributed by atoms with van der Waals surface area (Å²) in [5.74, 6) is 0.207. The molecular formula is C10H13N5OS. The second kappa shape index (κ2) is 4.70. The van der Waals surface area contributed by atoms with Crippen molar-refractivity contribution in [2.24, 2.45) is 7.05 Å². The van der Waals surface area contributed by atoms with Gasteiger partial charge in [0.25, 0.3) is 0 Å². The molecule has 90 valence electrons. The quantitative estimate of drug-likeness (QED) is 0.764. The lowest BCUT2D eigenvalue weighted by Gasteiger charge is -2.01. The first-order valence-electron chi connectivity index (χ1n) is 5.28.